The van der Waals surface area contributed by atoms with E-state index in [1.165, 1.54) is 0 Å². The average Bonchev–Trinajstić information content (AvgIpc) is 3.45. The van der Waals surface area contributed by atoms with E-state index in [1.807, 2.05) is 18.2 Å². The second-order valence-corrected chi connectivity index (χ2v) is 20.5. The third-order valence-corrected chi connectivity index (χ3v) is 12.6. The molecule has 0 aromatic rings. The molecule has 0 saturated carbocycles. The fourth-order valence-electron chi connectivity index (χ4n) is 7.21. The maximum atomic E-state index is 12.9. The molecule has 0 aliphatic carbocycles. The van der Waals surface area contributed by atoms with E-state index in [-0.39, 0.29) is 25.9 Å². The molecular formula is C68H105O11P. The van der Waals surface area contributed by atoms with Crippen molar-refractivity contribution in [3.63, 3.8) is 0 Å². The molecule has 11 nitrogen and oxygen atoms in total. The van der Waals surface area contributed by atoms with Crippen LogP contribution < -0.4 is 0 Å². The topological polar surface area (TPSA) is 155 Å². The van der Waals surface area contributed by atoms with E-state index in [0.29, 0.717) is 19.3 Å². The Kier molecular flexibility index (Phi) is 56.1. The van der Waals surface area contributed by atoms with Crippen molar-refractivity contribution >= 4 is 25.7 Å². The van der Waals surface area contributed by atoms with Crippen LogP contribution in [0.15, 0.2) is 170 Å². The van der Waals surface area contributed by atoms with Crippen molar-refractivity contribution in [2.75, 3.05) is 26.4 Å². The molecule has 0 aliphatic heterocycles. The number of carbonyl (C=O) groups excluding carboxylic acids is 3. The van der Waals surface area contributed by atoms with E-state index in [0.717, 1.165) is 141 Å². The maximum Gasteiger partial charge on any atom is 0.472 e. The second kappa shape index (κ2) is 59.9. The van der Waals surface area contributed by atoms with Crippen LogP contribution in [0, 0.1) is 0 Å². The lowest BCUT2D eigenvalue weighted by Crippen LogP contribution is -2.30. The van der Waals surface area contributed by atoms with Gasteiger partial charge in [0.2, 0.25) is 0 Å². The number of rotatable bonds is 53. The van der Waals surface area contributed by atoms with E-state index in [9.17, 15) is 28.9 Å². The monoisotopic (exact) mass is 1130 g/mol. The number of unbranched alkanes of at least 4 members (excludes halogenated alkanes) is 9. The molecule has 12 heteroatoms. The summed E-state index contributed by atoms with van der Waals surface area (Å²) < 4.78 is 39.4. The van der Waals surface area contributed by atoms with Crippen molar-refractivity contribution < 1.29 is 52.2 Å². The Labute approximate surface area is 485 Å². The lowest BCUT2D eigenvalue weighted by atomic mass is 10.1. The van der Waals surface area contributed by atoms with Crippen molar-refractivity contribution in [1.82, 2.24) is 0 Å². The van der Waals surface area contributed by atoms with Gasteiger partial charge in [-0.05, 0) is 128 Å². The van der Waals surface area contributed by atoms with E-state index in [4.69, 9.17) is 23.3 Å². The molecule has 80 heavy (non-hydrogen) atoms. The summed E-state index contributed by atoms with van der Waals surface area (Å²) in [5, 5.41) is 9.81. The van der Waals surface area contributed by atoms with Crippen molar-refractivity contribution in [1.29, 1.82) is 0 Å². The molecule has 0 aliphatic rings. The fraction of sp³-hybridized carbons (Fsp3) is 0.544. The molecule has 0 bridgehead atoms. The van der Waals surface area contributed by atoms with Gasteiger partial charge in [-0.25, -0.2) is 4.57 Å². The first-order chi connectivity index (χ1) is 39.2. The highest BCUT2D eigenvalue weighted by Crippen LogP contribution is 2.43. The molecule has 0 aromatic heterocycles. The van der Waals surface area contributed by atoms with Gasteiger partial charge in [-0.2, -0.15) is 0 Å². The summed E-state index contributed by atoms with van der Waals surface area (Å²) in [6.45, 7) is 4.11. The molecule has 0 heterocycles. The number of aliphatic hydroxyl groups excluding tert-OH is 1. The number of ether oxygens (including phenoxy) is 3. The van der Waals surface area contributed by atoms with Crippen LogP contribution in [0.2, 0.25) is 0 Å². The molecule has 0 rings (SSSR count). The fourth-order valence-corrected chi connectivity index (χ4v) is 8.00. The maximum absolute atomic E-state index is 12.9. The van der Waals surface area contributed by atoms with Gasteiger partial charge in [-0.3, -0.25) is 23.4 Å². The lowest BCUT2D eigenvalue weighted by Gasteiger charge is -2.21. The molecule has 0 aromatic carbocycles. The quantitative estimate of drug-likeness (QED) is 0.0197. The van der Waals surface area contributed by atoms with Crippen LogP contribution in [0.25, 0.3) is 0 Å². The van der Waals surface area contributed by atoms with Crippen molar-refractivity contribution in [3.8, 4) is 0 Å². The van der Waals surface area contributed by atoms with Crippen LogP contribution in [-0.2, 0) is 42.2 Å². The largest absolute Gasteiger partial charge is 0.472 e. The van der Waals surface area contributed by atoms with E-state index >= 15 is 0 Å². The number of phosphoric acid groups is 1. The Morgan fingerprint density at radius 1 is 0.362 bits per heavy atom. The highest BCUT2D eigenvalue weighted by atomic mass is 31.2. The van der Waals surface area contributed by atoms with Crippen molar-refractivity contribution in [2.24, 2.45) is 0 Å². The predicted molar refractivity (Wildman–Crippen MR) is 334 cm³/mol. The van der Waals surface area contributed by atoms with E-state index in [2.05, 4.69) is 167 Å². The smallest absolute Gasteiger partial charge is 0.462 e. The third-order valence-electron chi connectivity index (χ3n) is 11.6. The van der Waals surface area contributed by atoms with Gasteiger partial charge >= 0.3 is 25.7 Å². The first-order valence-electron chi connectivity index (χ1n) is 30.0. The molecule has 3 atom stereocenters. The Bertz CT molecular complexity index is 1990. The number of carbonyl (C=O) groups is 3. The van der Waals surface area contributed by atoms with Crippen molar-refractivity contribution in [2.45, 2.75) is 213 Å². The zero-order chi connectivity index (χ0) is 58.3. The zero-order valence-corrected chi connectivity index (χ0v) is 50.4. The minimum Gasteiger partial charge on any atom is -0.462 e. The van der Waals surface area contributed by atoms with E-state index < -0.39 is 57.8 Å². The van der Waals surface area contributed by atoms with Gasteiger partial charge < -0.3 is 24.2 Å². The molecule has 0 radical (unpaired) electrons. The van der Waals surface area contributed by atoms with Gasteiger partial charge in [0.1, 0.15) is 12.7 Å². The lowest BCUT2D eigenvalue weighted by molar-refractivity contribution is -0.161. The Balaban J connectivity index is 4.92. The van der Waals surface area contributed by atoms with Crippen LogP contribution in [0.5, 0.6) is 0 Å². The molecule has 2 N–H and O–H groups in total. The normalized spacial score (nSPS) is 14.5. The first kappa shape index (κ1) is 74.8. The van der Waals surface area contributed by atoms with Gasteiger partial charge in [0.25, 0.3) is 0 Å². The van der Waals surface area contributed by atoms with E-state index in [1.54, 1.807) is 6.08 Å². The van der Waals surface area contributed by atoms with Gasteiger partial charge in [0.05, 0.1) is 26.2 Å². The first-order valence-corrected chi connectivity index (χ1v) is 31.5. The Hall–Kier alpha value is -5.16. The van der Waals surface area contributed by atoms with Gasteiger partial charge in [-0.1, -0.05) is 223 Å². The van der Waals surface area contributed by atoms with Crippen LogP contribution in [0.3, 0.4) is 0 Å². The van der Waals surface area contributed by atoms with Crippen LogP contribution in [0.1, 0.15) is 201 Å². The molecular weight excluding hydrogens is 1020 g/mol. The number of esters is 3. The van der Waals surface area contributed by atoms with Crippen LogP contribution in [-0.4, -0.2) is 66.5 Å². The molecule has 3 unspecified atom stereocenters. The SMILES string of the molecule is CC/C=C\C/C=C\C/C=C\C/C=C\C/C=C\CCCCCC(=O)OC(COC(=O)CCCCCCCC/C=C\C/C=C\C/C=C\C/C=C\CC)COP(=O)(O)OCC(CO)OC(=O)C/C=C\C/C=C\C/C=C\C/C=C\C/C=C\CC. The number of aliphatic hydroxyl groups is 1. The van der Waals surface area contributed by atoms with Crippen LogP contribution >= 0.6 is 7.82 Å². The minimum atomic E-state index is -4.80. The zero-order valence-electron chi connectivity index (χ0n) is 49.5. The highest BCUT2D eigenvalue weighted by Gasteiger charge is 2.28. The Morgan fingerprint density at radius 2 is 0.662 bits per heavy atom. The average molecular weight is 1130 g/mol. The highest BCUT2D eigenvalue weighted by molar-refractivity contribution is 7.47. The molecule has 0 saturated heterocycles. The van der Waals surface area contributed by atoms with Gasteiger partial charge in [0, 0.05) is 12.8 Å². The number of hydrogen-bond acceptors (Lipinski definition) is 10. The van der Waals surface area contributed by atoms with Crippen molar-refractivity contribution in [3.05, 3.63) is 170 Å². The molecule has 448 valence electrons. The Morgan fingerprint density at radius 3 is 1.05 bits per heavy atom. The number of allylic oxidation sites excluding steroid dienone is 27. The number of hydrogen-bond donors (Lipinski definition) is 2. The van der Waals surface area contributed by atoms with Gasteiger partial charge in [0.15, 0.2) is 6.10 Å². The summed E-state index contributed by atoms with van der Waals surface area (Å²) >= 11 is 0. The number of phosphoric ester groups is 1. The minimum absolute atomic E-state index is 0.0683. The summed E-state index contributed by atoms with van der Waals surface area (Å²) in [5.41, 5.74) is 0. The summed E-state index contributed by atoms with van der Waals surface area (Å²) in [4.78, 5) is 48.6. The third kappa shape index (κ3) is 57.5. The summed E-state index contributed by atoms with van der Waals surface area (Å²) in [6, 6.07) is 0. The molecule has 0 fully saturated rings. The van der Waals surface area contributed by atoms with Gasteiger partial charge in [-0.15, -0.1) is 0 Å². The second-order valence-electron chi connectivity index (χ2n) is 19.0. The summed E-state index contributed by atoms with van der Waals surface area (Å²) in [6.07, 6.45) is 80.5. The van der Waals surface area contributed by atoms with Crippen LogP contribution in [0.4, 0.5) is 0 Å². The molecule has 0 amide bonds. The predicted octanol–water partition coefficient (Wildman–Crippen LogP) is 18.2. The molecule has 0 spiro atoms. The standard InChI is InChI=1S/C68H105O11P/c1-4-7-10-13-16-19-22-25-28-30-32-34-37-39-42-45-48-51-54-57-66(70)75-61-65(79-68(72)59-56-53-50-47-44-41-38-35-33-31-29-26-23-20-17-14-11-8-5-2)63-77-80(73,74)76-62-64(60-69)78-67(71)58-55-52-49-46-43-40-36-27-24-21-18-15-12-9-6-3/h7-12,16-21,25-29,32-36,41,43-44,46,52,55,64-65,69H,4-6,13-15,22-24,30-31,37-40,42,45,47-51,53-54,56-63H2,1-3H3,(H,73,74)/b10-7-,11-8-,12-9-,19-16-,20-17-,21-18-,28-25-,29-26-,34-32-,35-33-,36-27-,44-41-,46-43-,55-52-. The summed E-state index contributed by atoms with van der Waals surface area (Å²) in [7, 11) is -4.80. The summed E-state index contributed by atoms with van der Waals surface area (Å²) in [5.74, 6) is -1.68.